The van der Waals surface area contributed by atoms with Gasteiger partial charge in [-0.2, -0.15) is 0 Å². The monoisotopic (exact) mass is 327 g/mol. The molecule has 0 aliphatic rings. The smallest absolute Gasteiger partial charge is 0.122 e. The molecule has 0 saturated carbocycles. The van der Waals surface area contributed by atoms with Gasteiger partial charge in [-0.05, 0) is 62.0 Å². The number of benzene rings is 1. The Bertz CT molecular complexity index is 366. The van der Waals surface area contributed by atoms with Gasteiger partial charge in [0.05, 0.1) is 7.11 Å². The Morgan fingerprint density at radius 3 is 2.68 bits per heavy atom. The number of nitrogens with one attached hydrogen (secondary N) is 1. The SMILES string of the molecule is COc1ccc(Br)cc1CCCCCNCC(C)C. The number of aryl methyl sites for hydroxylation is 1. The van der Waals surface area contributed by atoms with Crippen molar-refractivity contribution in [2.75, 3.05) is 20.2 Å². The second kappa shape index (κ2) is 9.38. The van der Waals surface area contributed by atoms with E-state index in [4.69, 9.17) is 4.74 Å². The molecule has 0 spiro atoms. The molecule has 3 heteroatoms. The summed E-state index contributed by atoms with van der Waals surface area (Å²) in [5.74, 6) is 1.74. The summed E-state index contributed by atoms with van der Waals surface area (Å²) < 4.78 is 6.52. The number of methoxy groups -OCH3 is 1. The van der Waals surface area contributed by atoms with Gasteiger partial charge in [0.25, 0.3) is 0 Å². The largest absolute Gasteiger partial charge is 0.496 e. The lowest BCUT2D eigenvalue weighted by Gasteiger charge is -2.09. The molecule has 0 aromatic heterocycles. The van der Waals surface area contributed by atoms with Crippen LogP contribution in [0.5, 0.6) is 5.75 Å². The fourth-order valence-corrected chi connectivity index (χ4v) is 2.48. The molecule has 2 nitrogen and oxygen atoms in total. The van der Waals surface area contributed by atoms with Crippen LogP contribution in [-0.2, 0) is 6.42 Å². The molecule has 0 saturated heterocycles. The molecule has 1 aromatic rings. The minimum absolute atomic E-state index is 0.742. The Labute approximate surface area is 126 Å². The van der Waals surface area contributed by atoms with Gasteiger partial charge in [0.1, 0.15) is 5.75 Å². The summed E-state index contributed by atoms with van der Waals surface area (Å²) in [5, 5.41) is 3.48. The van der Waals surface area contributed by atoms with Gasteiger partial charge >= 0.3 is 0 Å². The maximum Gasteiger partial charge on any atom is 0.122 e. The molecule has 1 N–H and O–H groups in total. The first-order chi connectivity index (χ1) is 9.13. The third-order valence-electron chi connectivity index (χ3n) is 3.09. The van der Waals surface area contributed by atoms with Crippen molar-refractivity contribution in [3.63, 3.8) is 0 Å². The first kappa shape index (κ1) is 16.5. The average molecular weight is 328 g/mol. The zero-order valence-electron chi connectivity index (χ0n) is 12.3. The number of rotatable bonds is 9. The van der Waals surface area contributed by atoms with Crippen LogP contribution >= 0.6 is 15.9 Å². The lowest BCUT2D eigenvalue weighted by Crippen LogP contribution is -2.20. The molecule has 0 aliphatic carbocycles. The summed E-state index contributed by atoms with van der Waals surface area (Å²) in [6.07, 6.45) is 4.83. The number of hydrogen-bond acceptors (Lipinski definition) is 2. The number of unbranched alkanes of at least 4 members (excludes halogenated alkanes) is 2. The molecule has 19 heavy (non-hydrogen) atoms. The van der Waals surface area contributed by atoms with Crippen LogP contribution in [0.2, 0.25) is 0 Å². The zero-order chi connectivity index (χ0) is 14.1. The molecule has 0 fully saturated rings. The number of hydrogen-bond donors (Lipinski definition) is 1. The molecular formula is C16H26BrNO. The van der Waals surface area contributed by atoms with Crippen LogP contribution in [0.4, 0.5) is 0 Å². The minimum atomic E-state index is 0.742. The van der Waals surface area contributed by atoms with Crippen molar-refractivity contribution in [1.82, 2.24) is 5.32 Å². The van der Waals surface area contributed by atoms with Gasteiger partial charge in [-0.1, -0.05) is 36.2 Å². The molecule has 0 radical (unpaired) electrons. The molecule has 0 heterocycles. The highest BCUT2D eigenvalue weighted by Gasteiger charge is 2.03. The Morgan fingerprint density at radius 2 is 2.00 bits per heavy atom. The van der Waals surface area contributed by atoms with E-state index in [-0.39, 0.29) is 0 Å². The molecule has 0 amide bonds. The first-order valence-electron chi connectivity index (χ1n) is 7.16. The third-order valence-corrected chi connectivity index (χ3v) is 3.59. The predicted octanol–water partition coefficient (Wildman–Crippen LogP) is 4.42. The van der Waals surface area contributed by atoms with E-state index in [1.54, 1.807) is 7.11 Å². The maximum absolute atomic E-state index is 5.39. The van der Waals surface area contributed by atoms with Gasteiger partial charge in [0, 0.05) is 4.47 Å². The fourth-order valence-electron chi connectivity index (χ4n) is 2.08. The summed E-state index contributed by atoms with van der Waals surface area (Å²) in [4.78, 5) is 0. The number of halogens is 1. The van der Waals surface area contributed by atoms with E-state index < -0.39 is 0 Å². The first-order valence-corrected chi connectivity index (χ1v) is 7.96. The minimum Gasteiger partial charge on any atom is -0.496 e. The standard InChI is InChI=1S/C16H26BrNO/c1-13(2)12-18-10-6-4-5-7-14-11-15(17)8-9-16(14)19-3/h8-9,11,13,18H,4-7,10,12H2,1-3H3. The van der Waals surface area contributed by atoms with Gasteiger partial charge < -0.3 is 10.1 Å². The molecule has 1 rings (SSSR count). The topological polar surface area (TPSA) is 21.3 Å². The van der Waals surface area contributed by atoms with E-state index in [1.807, 2.05) is 12.1 Å². The Balaban J connectivity index is 2.20. The van der Waals surface area contributed by atoms with Crippen molar-refractivity contribution in [1.29, 1.82) is 0 Å². The second-order valence-electron chi connectivity index (χ2n) is 5.36. The lowest BCUT2D eigenvalue weighted by molar-refractivity contribution is 0.408. The van der Waals surface area contributed by atoms with Crippen molar-refractivity contribution >= 4 is 15.9 Å². The average Bonchev–Trinajstić information content (AvgIpc) is 2.37. The molecule has 0 aliphatic heterocycles. The van der Waals surface area contributed by atoms with E-state index in [0.29, 0.717) is 0 Å². The van der Waals surface area contributed by atoms with Crippen molar-refractivity contribution in [3.05, 3.63) is 28.2 Å². The van der Waals surface area contributed by atoms with Crippen LogP contribution in [-0.4, -0.2) is 20.2 Å². The van der Waals surface area contributed by atoms with Crippen molar-refractivity contribution in [3.8, 4) is 5.75 Å². The summed E-state index contributed by atoms with van der Waals surface area (Å²) in [6.45, 7) is 6.74. The summed E-state index contributed by atoms with van der Waals surface area (Å²) in [5.41, 5.74) is 1.30. The van der Waals surface area contributed by atoms with Crippen molar-refractivity contribution in [2.45, 2.75) is 39.5 Å². The maximum atomic E-state index is 5.39. The van der Waals surface area contributed by atoms with Crippen LogP contribution in [0, 0.1) is 5.92 Å². The van der Waals surface area contributed by atoms with Crippen LogP contribution in [0.1, 0.15) is 38.7 Å². The second-order valence-corrected chi connectivity index (χ2v) is 6.28. The third kappa shape index (κ3) is 6.98. The molecule has 108 valence electrons. The van der Waals surface area contributed by atoms with Gasteiger partial charge in [-0.3, -0.25) is 0 Å². The van der Waals surface area contributed by atoms with E-state index in [9.17, 15) is 0 Å². The molecule has 0 atom stereocenters. The molecule has 1 aromatic carbocycles. The molecule has 0 unspecified atom stereocenters. The summed E-state index contributed by atoms with van der Waals surface area (Å²) >= 11 is 3.52. The van der Waals surface area contributed by atoms with Crippen molar-refractivity contribution in [2.24, 2.45) is 5.92 Å². The Morgan fingerprint density at radius 1 is 1.21 bits per heavy atom. The van der Waals surface area contributed by atoms with Gasteiger partial charge in [-0.15, -0.1) is 0 Å². The fraction of sp³-hybridized carbons (Fsp3) is 0.625. The highest BCUT2D eigenvalue weighted by molar-refractivity contribution is 9.10. The normalized spacial score (nSPS) is 11.0. The van der Waals surface area contributed by atoms with Gasteiger partial charge in [0.2, 0.25) is 0 Å². The van der Waals surface area contributed by atoms with E-state index in [0.717, 1.165) is 35.7 Å². The molecule has 0 bridgehead atoms. The zero-order valence-corrected chi connectivity index (χ0v) is 13.9. The molecular weight excluding hydrogens is 302 g/mol. The van der Waals surface area contributed by atoms with E-state index in [1.165, 1.54) is 24.8 Å². The van der Waals surface area contributed by atoms with Crippen LogP contribution in [0.3, 0.4) is 0 Å². The summed E-state index contributed by atoms with van der Waals surface area (Å²) in [7, 11) is 1.74. The predicted molar refractivity (Wildman–Crippen MR) is 86.0 cm³/mol. The van der Waals surface area contributed by atoms with Gasteiger partial charge in [-0.25, -0.2) is 0 Å². The summed E-state index contributed by atoms with van der Waals surface area (Å²) in [6, 6.07) is 6.22. The number of ether oxygens (including phenoxy) is 1. The highest BCUT2D eigenvalue weighted by atomic mass is 79.9. The van der Waals surface area contributed by atoms with Gasteiger partial charge in [0.15, 0.2) is 0 Å². The highest BCUT2D eigenvalue weighted by Crippen LogP contribution is 2.24. The van der Waals surface area contributed by atoms with Crippen LogP contribution < -0.4 is 10.1 Å². The van der Waals surface area contributed by atoms with E-state index in [2.05, 4.69) is 41.2 Å². The van der Waals surface area contributed by atoms with Crippen molar-refractivity contribution < 1.29 is 4.74 Å². The van der Waals surface area contributed by atoms with Crippen LogP contribution in [0.25, 0.3) is 0 Å². The Kier molecular flexibility index (Phi) is 8.15. The Hall–Kier alpha value is -0.540. The lowest BCUT2D eigenvalue weighted by atomic mass is 10.1. The van der Waals surface area contributed by atoms with Crippen LogP contribution in [0.15, 0.2) is 22.7 Å². The van der Waals surface area contributed by atoms with E-state index >= 15 is 0 Å². The quantitative estimate of drug-likeness (QED) is 0.678.